The number of rotatable bonds is 6. The lowest BCUT2D eigenvalue weighted by molar-refractivity contribution is -0.0330. The molecule has 0 aliphatic heterocycles. The van der Waals surface area contributed by atoms with E-state index < -0.39 is 5.60 Å². The minimum absolute atomic E-state index is 0.230. The maximum absolute atomic E-state index is 9.86. The summed E-state index contributed by atoms with van der Waals surface area (Å²) < 4.78 is 0. The molecule has 2 aliphatic rings. The summed E-state index contributed by atoms with van der Waals surface area (Å²) in [5, 5.41) is 22.9. The maximum atomic E-state index is 9.86. The Morgan fingerprint density at radius 1 is 1.19 bits per heavy atom. The van der Waals surface area contributed by atoms with Crippen LogP contribution >= 0.6 is 0 Å². The molecule has 0 heterocycles. The van der Waals surface area contributed by atoms with Crippen LogP contribution in [0.4, 0.5) is 0 Å². The second-order valence-corrected chi connectivity index (χ2v) is 5.75. The molecule has 0 radical (unpaired) electrons. The van der Waals surface area contributed by atoms with Gasteiger partial charge in [-0.25, -0.2) is 0 Å². The van der Waals surface area contributed by atoms with Gasteiger partial charge in [-0.1, -0.05) is 25.7 Å². The molecule has 1 atom stereocenters. The van der Waals surface area contributed by atoms with E-state index in [9.17, 15) is 10.2 Å². The van der Waals surface area contributed by atoms with Crippen molar-refractivity contribution >= 4 is 0 Å². The summed E-state index contributed by atoms with van der Waals surface area (Å²) in [6.45, 7) is 1.29. The van der Waals surface area contributed by atoms with E-state index >= 15 is 0 Å². The SMILES string of the molecule is OC(CNCC1(O)CCC1)CC1CCCC1. The Hall–Kier alpha value is -0.120. The van der Waals surface area contributed by atoms with Gasteiger partial charge in [-0.3, -0.25) is 0 Å². The average molecular weight is 227 g/mol. The molecule has 2 aliphatic carbocycles. The molecule has 1 unspecified atom stereocenters. The molecular weight excluding hydrogens is 202 g/mol. The van der Waals surface area contributed by atoms with Crippen molar-refractivity contribution in [1.29, 1.82) is 0 Å². The number of hydrogen-bond acceptors (Lipinski definition) is 3. The van der Waals surface area contributed by atoms with Crippen molar-refractivity contribution in [3.63, 3.8) is 0 Å². The zero-order chi connectivity index (χ0) is 11.4. The first kappa shape index (κ1) is 12.3. The molecule has 3 nitrogen and oxygen atoms in total. The molecule has 2 saturated carbocycles. The van der Waals surface area contributed by atoms with Crippen LogP contribution < -0.4 is 5.32 Å². The van der Waals surface area contributed by atoms with Crippen molar-refractivity contribution in [3.8, 4) is 0 Å². The van der Waals surface area contributed by atoms with Gasteiger partial charge in [0.2, 0.25) is 0 Å². The Bertz CT molecular complexity index is 210. The van der Waals surface area contributed by atoms with Crippen molar-refractivity contribution in [2.45, 2.75) is 63.1 Å². The number of nitrogens with one attached hydrogen (secondary N) is 1. The molecule has 0 aromatic carbocycles. The third kappa shape index (κ3) is 3.44. The summed E-state index contributed by atoms with van der Waals surface area (Å²) in [5.74, 6) is 0.739. The normalized spacial score (nSPS) is 26.6. The van der Waals surface area contributed by atoms with E-state index in [1.807, 2.05) is 0 Å². The summed E-state index contributed by atoms with van der Waals surface area (Å²) in [7, 11) is 0. The van der Waals surface area contributed by atoms with E-state index in [-0.39, 0.29) is 6.10 Å². The minimum Gasteiger partial charge on any atom is -0.392 e. The van der Waals surface area contributed by atoms with E-state index in [0.29, 0.717) is 13.1 Å². The molecule has 0 aromatic rings. The van der Waals surface area contributed by atoms with Crippen LogP contribution in [0.1, 0.15) is 51.4 Å². The molecular formula is C13H25NO2. The van der Waals surface area contributed by atoms with Gasteiger partial charge in [-0.05, 0) is 31.6 Å². The van der Waals surface area contributed by atoms with Crippen molar-refractivity contribution in [3.05, 3.63) is 0 Å². The average Bonchev–Trinajstić information content (AvgIpc) is 2.68. The maximum Gasteiger partial charge on any atom is 0.0771 e. The van der Waals surface area contributed by atoms with Gasteiger partial charge in [0.05, 0.1) is 11.7 Å². The zero-order valence-corrected chi connectivity index (χ0v) is 10.1. The quantitative estimate of drug-likeness (QED) is 0.643. The summed E-state index contributed by atoms with van der Waals surface area (Å²) in [5.41, 5.74) is -0.465. The van der Waals surface area contributed by atoms with Crippen molar-refractivity contribution in [2.75, 3.05) is 13.1 Å². The van der Waals surface area contributed by atoms with E-state index in [4.69, 9.17) is 0 Å². The highest BCUT2D eigenvalue weighted by Crippen LogP contribution is 2.31. The smallest absolute Gasteiger partial charge is 0.0771 e. The van der Waals surface area contributed by atoms with Gasteiger partial charge >= 0.3 is 0 Å². The zero-order valence-electron chi connectivity index (χ0n) is 10.1. The Balaban J connectivity index is 1.54. The van der Waals surface area contributed by atoms with E-state index in [1.54, 1.807) is 0 Å². The van der Waals surface area contributed by atoms with E-state index in [1.165, 1.54) is 25.7 Å². The molecule has 0 amide bonds. The highest BCUT2D eigenvalue weighted by molar-refractivity contribution is 4.89. The molecule has 2 fully saturated rings. The Morgan fingerprint density at radius 3 is 2.44 bits per heavy atom. The molecule has 2 rings (SSSR count). The second-order valence-electron chi connectivity index (χ2n) is 5.75. The van der Waals surface area contributed by atoms with E-state index in [0.717, 1.165) is 31.6 Å². The van der Waals surface area contributed by atoms with Crippen LogP contribution in [-0.4, -0.2) is 35.0 Å². The summed E-state index contributed by atoms with van der Waals surface area (Å²) in [6, 6.07) is 0. The van der Waals surface area contributed by atoms with Crippen LogP contribution in [-0.2, 0) is 0 Å². The predicted molar refractivity (Wildman–Crippen MR) is 64.3 cm³/mol. The number of aliphatic hydroxyl groups is 2. The lowest BCUT2D eigenvalue weighted by Gasteiger charge is -2.37. The highest BCUT2D eigenvalue weighted by atomic mass is 16.3. The fourth-order valence-electron chi connectivity index (χ4n) is 2.95. The first-order chi connectivity index (χ1) is 7.68. The molecule has 0 bridgehead atoms. The fourth-order valence-corrected chi connectivity index (χ4v) is 2.95. The Kier molecular flexibility index (Phi) is 4.22. The minimum atomic E-state index is -0.465. The van der Waals surface area contributed by atoms with Gasteiger partial charge in [0.25, 0.3) is 0 Å². The molecule has 0 aromatic heterocycles. The number of hydrogen-bond donors (Lipinski definition) is 3. The van der Waals surface area contributed by atoms with Crippen LogP contribution in [0.15, 0.2) is 0 Å². The van der Waals surface area contributed by atoms with Gasteiger partial charge in [0.15, 0.2) is 0 Å². The Labute approximate surface area is 98.2 Å². The summed E-state index contributed by atoms with van der Waals surface area (Å²) in [4.78, 5) is 0. The van der Waals surface area contributed by atoms with Crippen LogP contribution in [0, 0.1) is 5.92 Å². The molecule has 16 heavy (non-hydrogen) atoms. The van der Waals surface area contributed by atoms with Crippen LogP contribution in [0.25, 0.3) is 0 Å². The standard InChI is InChI=1S/C13H25NO2/c15-12(8-11-4-1-2-5-11)9-14-10-13(16)6-3-7-13/h11-12,14-16H,1-10H2. The molecule has 3 heteroatoms. The molecule has 94 valence electrons. The number of aliphatic hydroxyl groups excluding tert-OH is 1. The highest BCUT2D eigenvalue weighted by Gasteiger charge is 2.33. The van der Waals surface area contributed by atoms with E-state index in [2.05, 4.69) is 5.32 Å². The molecule has 0 spiro atoms. The van der Waals surface area contributed by atoms with Gasteiger partial charge in [-0.2, -0.15) is 0 Å². The second kappa shape index (κ2) is 5.48. The third-order valence-corrected chi connectivity index (χ3v) is 4.20. The fraction of sp³-hybridized carbons (Fsp3) is 1.00. The Morgan fingerprint density at radius 2 is 1.88 bits per heavy atom. The first-order valence-electron chi connectivity index (χ1n) is 6.79. The molecule has 3 N–H and O–H groups in total. The largest absolute Gasteiger partial charge is 0.392 e. The van der Waals surface area contributed by atoms with Crippen LogP contribution in [0.2, 0.25) is 0 Å². The third-order valence-electron chi connectivity index (χ3n) is 4.20. The van der Waals surface area contributed by atoms with Crippen molar-refractivity contribution in [2.24, 2.45) is 5.92 Å². The van der Waals surface area contributed by atoms with Crippen LogP contribution in [0.3, 0.4) is 0 Å². The van der Waals surface area contributed by atoms with Crippen molar-refractivity contribution < 1.29 is 10.2 Å². The molecule has 0 saturated heterocycles. The van der Waals surface area contributed by atoms with Gasteiger partial charge in [0, 0.05) is 13.1 Å². The van der Waals surface area contributed by atoms with Gasteiger partial charge < -0.3 is 15.5 Å². The first-order valence-corrected chi connectivity index (χ1v) is 6.79. The van der Waals surface area contributed by atoms with Crippen molar-refractivity contribution in [1.82, 2.24) is 5.32 Å². The lowest BCUT2D eigenvalue weighted by Crippen LogP contribution is -2.47. The summed E-state index contributed by atoms with van der Waals surface area (Å²) in [6.07, 6.45) is 8.94. The lowest BCUT2D eigenvalue weighted by atomic mass is 9.80. The van der Waals surface area contributed by atoms with Gasteiger partial charge in [-0.15, -0.1) is 0 Å². The summed E-state index contributed by atoms with van der Waals surface area (Å²) >= 11 is 0. The monoisotopic (exact) mass is 227 g/mol. The predicted octanol–water partition coefficient (Wildman–Crippen LogP) is 1.43. The topological polar surface area (TPSA) is 52.5 Å². The van der Waals surface area contributed by atoms with Crippen LogP contribution in [0.5, 0.6) is 0 Å². The van der Waals surface area contributed by atoms with Gasteiger partial charge in [0.1, 0.15) is 0 Å².